The van der Waals surface area contributed by atoms with Crippen LogP contribution in [0.2, 0.25) is 0 Å². The second-order valence-corrected chi connectivity index (χ2v) is 7.79. The van der Waals surface area contributed by atoms with E-state index >= 15 is 0 Å². The van der Waals surface area contributed by atoms with Crippen LogP contribution in [-0.2, 0) is 22.5 Å². The number of carboxylic acid groups (broad SMARTS) is 1. The summed E-state index contributed by atoms with van der Waals surface area (Å²) in [5.74, 6) is 0.421. The molecule has 0 fully saturated rings. The predicted molar refractivity (Wildman–Crippen MR) is 126 cm³/mol. The van der Waals surface area contributed by atoms with E-state index in [0.29, 0.717) is 43.4 Å². The van der Waals surface area contributed by atoms with Gasteiger partial charge in [-0.25, -0.2) is 4.98 Å². The van der Waals surface area contributed by atoms with Gasteiger partial charge >= 0.3 is 5.97 Å². The van der Waals surface area contributed by atoms with Crippen LogP contribution in [0.5, 0.6) is 5.75 Å². The minimum Gasteiger partial charge on any atom is -0.493 e. The Hall–Kier alpha value is -3.61. The summed E-state index contributed by atoms with van der Waals surface area (Å²) < 4.78 is 11.7. The molecule has 1 heterocycles. The van der Waals surface area contributed by atoms with E-state index in [1.54, 1.807) is 6.92 Å². The number of aryl methyl sites for hydroxylation is 1. The number of nitrogens with zero attached hydrogens (tertiary/aromatic N) is 2. The molecule has 1 atom stereocenters. The topological polar surface area (TPSA) is 94.2 Å². The van der Waals surface area contributed by atoms with E-state index < -0.39 is 11.9 Å². The van der Waals surface area contributed by atoms with Gasteiger partial charge in [0.15, 0.2) is 0 Å². The minimum atomic E-state index is -0.931. The summed E-state index contributed by atoms with van der Waals surface area (Å²) in [7, 11) is 0. The summed E-state index contributed by atoms with van der Waals surface area (Å²) in [5.41, 5.74) is 3.18. The summed E-state index contributed by atoms with van der Waals surface area (Å²) in [4.78, 5) is 21.3. The number of carboxylic acids is 1. The van der Waals surface area contributed by atoms with Crippen LogP contribution >= 0.6 is 0 Å². The van der Waals surface area contributed by atoms with Crippen LogP contribution in [-0.4, -0.2) is 35.0 Å². The molecule has 1 unspecified atom stereocenters. The van der Waals surface area contributed by atoms with Gasteiger partial charge in [-0.15, -0.1) is 0 Å². The van der Waals surface area contributed by atoms with Gasteiger partial charge in [0.05, 0.1) is 23.9 Å². The van der Waals surface area contributed by atoms with Crippen molar-refractivity contribution < 1.29 is 23.9 Å². The molecule has 1 aromatic heterocycles. The molecule has 7 heteroatoms. The molecule has 3 rings (SSSR count). The molecule has 174 valence electrons. The highest BCUT2D eigenvalue weighted by atomic mass is 16.6. The highest BCUT2D eigenvalue weighted by molar-refractivity contribution is 6.01. The van der Waals surface area contributed by atoms with Gasteiger partial charge < -0.3 is 19.1 Å². The molecular weight excluding hydrogens is 420 g/mol. The van der Waals surface area contributed by atoms with Crippen molar-refractivity contribution in [3.8, 4) is 17.2 Å². The fourth-order valence-corrected chi connectivity index (χ4v) is 3.21. The Kier molecular flexibility index (Phi) is 8.63. The highest BCUT2D eigenvalue weighted by Gasteiger charge is 2.20. The van der Waals surface area contributed by atoms with Gasteiger partial charge in [0.25, 0.3) is 0 Å². The fourth-order valence-electron chi connectivity index (χ4n) is 3.21. The molecule has 0 saturated carbocycles. The first-order valence-corrected chi connectivity index (χ1v) is 11.1. The maximum atomic E-state index is 11.5. The van der Waals surface area contributed by atoms with Gasteiger partial charge in [0.1, 0.15) is 18.1 Å². The zero-order valence-electron chi connectivity index (χ0n) is 19.3. The SMILES string of the molecule is CCCON=C(Cc1cccc(OCCc2nc(-c3ccccc3)oc2C)c1)C(C)C(=O)O. The van der Waals surface area contributed by atoms with E-state index in [1.165, 1.54) is 0 Å². The van der Waals surface area contributed by atoms with E-state index in [2.05, 4.69) is 10.1 Å². The first kappa shape index (κ1) is 24.0. The fraction of sp³-hybridized carbons (Fsp3) is 0.346. The normalized spacial score (nSPS) is 12.4. The number of aromatic nitrogens is 1. The molecule has 0 radical (unpaired) electrons. The Morgan fingerprint density at radius 2 is 1.94 bits per heavy atom. The summed E-state index contributed by atoms with van der Waals surface area (Å²) >= 11 is 0. The molecular formula is C26H30N2O5. The molecule has 0 bridgehead atoms. The smallest absolute Gasteiger partial charge is 0.312 e. The summed E-state index contributed by atoms with van der Waals surface area (Å²) in [5, 5.41) is 13.5. The number of oxazole rings is 1. The predicted octanol–water partition coefficient (Wildman–Crippen LogP) is 5.32. The van der Waals surface area contributed by atoms with E-state index in [0.717, 1.165) is 29.0 Å². The van der Waals surface area contributed by atoms with E-state index in [9.17, 15) is 9.90 Å². The van der Waals surface area contributed by atoms with Crippen LogP contribution in [0.1, 0.15) is 37.3 Å². The molecule has 1 N–H and O–H groups in total. The summed E-state index contributed by atoms with van der Waals surface area (Å²) in [6.07, 6.45) is 1.79. The average Bonchev–Trinajstić information content (AvgIpc) is 3.19. The lowest BCUT2D eigenvalue weighted by Gasteiger charge is -2.12. The lowest BCUT2D eigenvalue weighted by molar-refractivity contribution is -0.138. The van der Waals surface area contributed by atoms with Gasteiger partial charge in [-0.3, -0.25) is 4.79 Å². The molecule has 0 amide bonds. The van der Waals surface area contributed by atoms with Gasteiger partial charge in [0, 0.05) is 18.4 Å². The van der Waals surface area contributed by atoms with Gasteiger partial charge in [-0.05, 0) is 50.1 Å². The second kappa shape index (κ2) is 11.9. The van der Waals surface area contributed by atoms with E-state index in [-0.39, 0.29) is 0 Å². The largest absolute Gasteiger partial charge is 0.493 e. The third-order valence-electron chi connectivity index (χ3n) is 5.15. The number of hydrogen-bond acceptors (Lipinski definition) is 6. The molecule has 0 saturated heterocycles. The van der Waals surface area contributed by atoms with Crippen molar-refractivity contribution in [2.24, 2.45) is 11.1 Å². The van der Waals surface area contributed by atoms with Gasteiger partial charge in [-0.2, -0.15) is 0 Å². The highest BCUT2D eigenvalue weighted by Crippen LogP contribution is 2.22. The van der Waals surface area contributed by atoms with Crippen LogP contribution in [0.4, 0.5) is 0 Å². The van der Waals surface area contributed by atoms with Crippen LogP contribution in [0.3, 0.4) is 0 Å². The van der Waals surface area contributed by atoms with Gasteiger partial charge in [-0.1, -0.05) is 42.4 Å². The average molecular weight is 451 g/mol. The molecule has 0 aliphatic carbocycles. The number of carbonyl (C=O) groups is 1. The maximum Gasteiger partial charge on any atom is 0.312 e. The zero-order chi connectivity index (χ0) is 23.6. The van der Waals surface area contributed by atoms with Crippen molar-refractivity contribution in [3.63, 3.8) is 0 Å². The van der Waals surface area contributed by atoms with Crippen LogP contribution in [0, 0.1) is 12.8 Å². The van der Waals surface area contributed by atoms with Crippen molar-refractivity contribution in [2.45, 2.75) is 40.0 Å². The maximum absolute atomic E-state index is 11.5. The molecule has 0 aliphatic heterocycles. The first-order valence-electron chi connectivity index (χ1n) is 11.1. The quantitative estimate of drug-likeness (QED) is 0.228. The molecule has 3 aromatic rings. The third-order valence-corrected chi connectivity index (χ3v) is 5.15. The number of hydrogen-bond donors (Lipinski definition) is 1. The molecule has 0 spiro atoms. The van der Waals surface area contributed by atoms with Crippen molar-refractivity contribution in [3.05, 3.63) is 71.6 Å². The number of aliphatic carboxylic acids is 1. The first-order chi connectivity index (χ1) is 16.0. The molecule has 0 aliphatic rings. The molecule has 33 heavy (non-hydrogen) atoms. The number of rotatable bonds is 12. The van der Waals surface area contributed by atoms with Crippen molar-refractivity contribution in [1.29, 1.82) is 0 Å². The molecule has 2 aromatic carbocycles. The van der Waals surface area contributed by atoms with Crippen molar-refractivity contribution in [2.75, 3.05) is 13.2 Å². The number of benzene rings is 2. The third kappa shape index (κ3) is 6.94. The Morgan fingerprint density at radius 1 is 1.15 bits per heavy atom. The van der Waals surface area contributed by atoms with E-state index in [4.69, 9.17) is 14.0 Å². The van der Waals surface area contributed by atoms with Crippen LogP contribution in [0.15, 0.2) is 64.2 Å². The Bertz CT molecular complexity index is 1080. The van der Waals surface area contributed by atoms with Crippen molar-refractivity contribution in [1.82, 2.24) is 4.98 Å². The van der Waals surface area contributed by atoms with Gasteiger partial charge in [0.2, 0.25) is 5.89 Å². The minimum absolute atomic E-state index is 0.372. The lowest BCUT2D eigenvalue weighted by Crippen LogP contribution is -2.23. The lowest BCUT2D eigenvalue weighted by atomic mass is 9.98. The van der Waals surface area contributed by atoms with Crippen molar-refractivity contribution >= 4 is 11.7 Å². The van der Waals surface area contributed by atoms with Crippen LogP contribution < -0.4 is 4.74 Å². The zero-order valence-corrected chi connectivity index (χ0v) is 19.3. The van der Waals surface area contributed by atoms with Crippen LogP contribution in [0.25, 0.3) is 11.5 Å². The molecule has 7 nitrogen and oxygen atoms in total. The Morgan fingerprint density at radius 3 is 2.67 bits per heavy atom. The summed E-state index contributed by atoms with van der Waals surface area (Å²) in [6, 6.07) is 17.4. The Balaban J connectivity index is 1.61. The standard InChI is InChI=1S/C26H30N2O5/c1-4-14-32-28-24(18(2)26(29)30)17-20-9-8-12-22(16-20)31-15-13-23-19(3)33-25(27-23)21-10-6-5-7-11-21/h5-12,16,18H,4,13-15,17H2,1-3H3,(H,29,30). The Labute approximate surface area is 194 Å². The number of oxime groups is 1. The summed E-state index contributed by atoms with van der Waals surface area (Å²) in [6.45, 7) is 6.38. The second-order valence-electron chi connectivity index (χ2n) is 7.79. The van der Waals surface area contributed by atoms with E-state index in [1.807, 2.05) is 68.4 Å². The number of ether oxygens (including phenoxy) is 1. The monoisotopic (exact) mass is 450 g/mol.